The van der Waals surface area contributed by atoms with Crippen molar-refractivity contribution in [2.24, 2.45) is 0 Å². The maximum absolute atomic E-state index is 12.2. The molecule has 0 unspecified atom stereocenters. The Morgan fingerprint density at radius 1 is 1.45 bits per heavy atom. The number of esters is 1. The largest absolute Gasteiger partial charge is 0.459 e. The Bertz CT molecular complexity index is 783. The summed E-state index contributed by atoms with van der Waals surface area (Å²) in [5.41, 5.74) is -0.524. The number of carbonyl (C=O) groups is 1. The van der Waals surface area contributed by atoms with Crippen LogP contribution in [0.3, 0.4) is 0 Å². The van der Waals surface area contributed by atoms with E-state index < -0.39 is 17.1 Å². The van der Waals surface area contributed by atoms with Gasteiger partial charge in [-0.3, -0.25) is 9.59 Å². The van der Waals surface area contributed by atoms with Crippen LogP contribution in [0, 0.1) is 0 Å². The Balaban J connectivity index is 2.26. The zero-order valence-electron chi connectivity index (χ0n) is 12.4. The number of nitrogen functional groups attached to an aromatic ring is 1. The molecule has 6 nitrogen and oxygen atoms in total. The highest BCUT2D eigenvalue weighted by Crippen LogP contribution is 2.20. The first-order chi connectivity index (χ1) is 10.2. The van der Waals surface area contributed by atoms with Gasteiger partial charge in [-0.15, -0.1) is 0 Å². The third-order valence-electron chi connectivity index (χ3n) is 2.57. The molecule has 0 saturated carbocycles. The van der Waals surface area contributed by atoms with Crippen molar-refractivity contribution in [3.63, 3.8) is 0 Å². The molecule has 0 aliphatic rings. The third kappa shape index (κ3) is 3.92. The van der Waals surface area contributed by atoms with Crippen LogP contribution in [-0.4, -0.2) is 27.0 Å². The number of hydrogen-bond donors (Lipinski definition) is 1. The van der Waals surface area contributed by atoms with Gasteiger partial charge in [0, 0.05) is 5.02 Å². The maximum atomic E-state index is 12.2. The van der Waals surface area contributed by atoms with E-state index in [2.05, 4.69) is 4.98 Å². The van der Waals surface area contributed by atoms with Gasteiger partial charge >= 0.3 is 5.97 Å². The third-order valence-corrected chi connectivity index (χ3v) is 3.73. The minimum Gasteiger partial charge on any atom is -0.459 e. The van der Waals surface area contributed by atoms with E-state index in [1.54, 1.807) is 39.0 Å². The van der Waals surface area contributed by atoms with Crippen molar-refractivity contribution in [1.82, 2.24) is 9.66 Å². The molecule has 2 rings (SSSR count). The summed E-state index contributed by atoms with van der Waals surface area (Å²) in [7, 11) is 0. The summed E-state index contributed by atoms with van der Waals surface area (Å²) in [4.78, 5) is 28.2. The molecule has 2 aromatic rings. The summed E-state index contributed by atoms with van der Waals surface area (Å²) in [5, 5.41) is 1.07. The van der Waals surface area contributed by atoms with E-state index in [-0.39, 0.29) is 10.9 Å². The molecule has 0 fully saturated rings. The number of thioether (sulfide) groups is 1. The van der Waals surface area contributed by atoms with Gasteiger partial charge in [0.1, 0.15) is 5.60 Å². The van der Waals surface area contributed by atoms with Gasteiger partial charge in [-0.25, -0.2) is 9.66 Å². The van der Waals surface area contributed by atoms with E-state index >= 15 is 0 Å². The van der Waals surface area contributed by atoms with Gasteiger partial charge in [-0.1, -0.05) is 23.4 Å². The molecule has 8 heteroatoms. The van der Waals surface area contributed by atoms with Crippen LogP contribution in [0.4, 0.5) is 0 Å². The van der Waals surface area contributed by atoms with Crippen molar-refractivity contribution >= 4 is 40.2 Å². The number of nitrogens with zero attached hydrogens (tertiary/aromatic N) is 2. The lowest BCUT2D eigenvalue weighted by atomic mass is 10.2. The summed E-state index contributed by atoms with van der Waals surface area (Å²) in [6, 6.07) is 4.75. The highest BCUT2D eigenvalue weighted by molar-refractivity contribution is 7.99. The summed E-state index contributed by atoms with van der Waals surface area (Å²) in [6.07, 6.45) is 0. The van der Waals surface area contributed by atoms with Crippen LogP contribution in [0.1, 0.15) is 20.8 Å². The zero-order chi connectivity index (χ0) is 16.5. The molecule has 1 heterocycles. The average molecular weight is 342 g/mol. The Morgan fingerprint density at radius 2 is 2.14 bits per heavy atom. The SMILES string of the molecule is CC(C)(C)OC(=O)CSc1nc2cc(Cl)ccc2c(=O)n1N. The fraction of sp³-hybridized carbons (Fsp3) is 0.357. The van der Waals surface area contributed by atoms with E-state index in [0.29, 0.717) is 15.9 Å². The topological polar surface area (TPSA) is 87.2 Å². The first kappa shape index (κ1) is 16.6. The second-order valence-electron chi connectivity index (χ2n) is 5.61. The number of benzene rings is 1. The van der Waals surface area contributed by atoms with Crippen LogP contribution in [0.5, 0.6) is 0 Å². The Morgan fingerprint density at radius 3 is 2.77 bits per heavy atom. The molecule has 0 spiro atoms. The van der Waals surface area contributed by atoms with Gasteiger partial charge in [0.05, 0.1) is 16.7 Å². The number of aromatic nitrogens is 2. The van der Waals surface area contributed by atoms with Gasteiger partial charge in [0.15, 0.2) is 5.16 Å². The summed E-state index contributed by atoms with van der Waals surface area (Å²) in [5.74, 6) is 5.34. The number of carbonyl (C=O) groups excluding carboxylic acids is 1. The first-order valence-corrected chi connectivity index (χ1v) is 7.86. The Labute approximate surface area is 136 Å². The smallest absolute Gasteiger partial charge is 0.316 e. The number of ether oxygens (including phenoxy) is 1. The Kier molecular flexibility index (Phi) is 4.67. The maximum Gasteiger partial charge on any atom is 0.316 e. The van der Waals surface area contributed by atoms with Crippen LogP contribution in [0.25, 0.3) is 10.9 Å². The predicted molar refractivity (Wildman–Crippen MR) is 87.7 cm³/mol. The van der Waals surface area contributed by atoms with Crippen LogP contribution in [0.2, 0.25) is 5.02 Å². The van der Waals surface area contributed by atoms with E-state index in [1.807, 2.05) is 0 Å². The molecule has 1 aromatic heterocycles. The Hall–Kier alpha value is -1.73. The molecule has 0 amide bonds. The van der Waals surface area contributed by atoms with Gasteiger partial charge in [-0.05, 0) is 39.0 Å². The van der Waals surface area contributed by atoms with Gasteiger partial charge in [0.2, 0.25) is 0 Å². The highest BCUT2D eigenvalue weighted by atomic mass is 35.5. The molecular formula is C14H16ClN3O3S. The molecule has 2 N–H and O–H groups in total. The molecule has 118 valence electrons. The lowest BCUT2D eigenvalue weighted by Crippen LogP contribution is -2.30. The molecule has 0 bridgehead atoms. The lowest BCUT2D eigenvalue weighted by Gasteiger charge is -2.19. The summed E-state index contributed by atoms with van der Waals surface area (Å²) >= 11 is 6.94. The zero-order valence-corrected chi connectivity index (χ0v) is 14.0. The van der Waals surface area contributed by atoms with Crippen molar-refractivity contribution in [2.75, 3.05) is 11.6 Å². The summed E-state index contributed by atoms with van der Waals surface area (Å²) < 4.78 is 6.12. The molecule has 22 heavy (non-hydrogen) atoms. The quantitative estimate of drug-likeness (QED) is 0.398. The van der Waals surface area contributed by atoms with Crippen LogP contribution >= 0.6 is 23.4 Å². The molecule has 0 saturated heterocycles. The predicted octanol–water partition coefficient (Wildman–Crippen LogP) is 2.20. The summed E-state index contributed by atoms with van der Waals surface area (Å²) in [6.45, 7) is 5.35. The van der Waals surface area contributed by atoms with E-state index in [4.69, 9.17) is 22.2 Å². The second kappa shape index (κ2) is 6.18. The minimum absolute atomic E-state index is 0.00693. The van der Waals surface area contributed by atoms with Crippen molar-refractivity contribution in [2.45, 2.75) is 31.5 Å². The standard InChI is InChI=1S/C14H16ClN3O3S/c1-14(2,3)21-11(19)7-22-13-17-10-6-8(15)4-5-9(10)12(20)18(13)16/h4-6H,7,16H2,1-3H3. The van der Waals surface area contributed by atoms with Crippen LogP contribution < -0.4 is 11.4 Å². The number of hydrogen-bond acceptors (Lipinski definition) is 6. The molecule has 1 aromatic carbocycles. The van der Waals surface area contributed by atoms with Gasteiger partial charge in [-0.2, -0.15) is 0 Å². The van der Waals surface area contributed by atoms with Crippen molar-refractivity contribution in [3.05, 3.63) is 33.6 Å². The number of nitrogens with two attached hydrogens (primary N) is 1. The minimum atomic E-state index is -0.565. The van der Waals surface area contributed by atoms with Crippen molar-refractivity contribution < 1.29 is 9.53 Å². The first-order valence-electron chi connectivity index (χ1n) is 6.49. The molecular weight excluding hydrogens is 326 g/mol. The number of rotatable bonds is 3. The van der Waals surface area contributed by atoms with Crippen molar-refractivity contribution in [3.8, 4) is 0 Å². The van der Waals surface area contributed by atoms with Gasteiger partial charge < -0.3 is 10.6 Å². The normalized spacial score (nSPS) is 11.6. The molecule has 0 aliphatic heterocycles. The monoisotopic (exact) mass is 341 g/mol. The molecule has 0 atom stereocenters. The van der Waals surface area contributed by atoms with E-state index in [1.165, 1.54) is 0 Å². The number of halogens is 1. The van der Waals surface area contributed by atoms with Crippen LogP contribution in [-0.2, 0) is 9.53 Å². The molecule has 0 aliphatic carbocycles. The second-order valence-corrected chi connectivity index (χ2v) is 6.99. The van der Waals surface area contributed by atoms with E-state index in [9.17, 15) is 9.59 Å². The lowest BCUT2D eigenvalue weighted by molar-refractivity contribution is -0.151. The highest BCUT2D eigenvalue weighted by Gasteiger charge is 2.18. The fourth-order valence-electron chi connectivity index (χ4n) is 1.75. The van der Waals surface area contributed by atoms with Crippen molar-refractivity contribution in [1.29, 1.82) is 0 Å². The molecule has 0 radical (unpaired) electrons. The number of fused-ring (bicyclic) bond motifs is 1. The van der Waals surface area contributed by atoms with Gasteiger partial charge in [0.25, 0.3) is 5.56 Å². The van der Waals surface area contributed by atoms with Crippen LogP contribution in [0.15, 0.2) is 28.2 Å². The average Bonchev–Trinajstić information content (AvgIpc) is 2.39. The fourth-order valence-corrected chi connectivity index (χ4v) is 2.61. The van der Waals surface area contributed by atoms with E-state index in [0.717, 1.165) is 16.4 Å².